The lowest BCUT2D eigenvalue weighted by atomic mass is 9.89. The van der Waals surface area contributed by atoms with Crippen molar-refractivity contribution >= 4 is 6.09 Å². The van der Waals surface area contributed by atoms with E-state index in [1.807, 2.05) is 20.8 Å². The van der Waals surface area contributed by atoms with Gasteiger partial charge in [-0.15, -0.1) is 0 Å². The van der Waals surface area contributed by atoms with Crippen LogP contribution in [0.4, 0.5) is 4.79 Å². The molecule has 1 heterocycles. The van der Waals surface area contributed by atoms with E-state index >= 15 is 0 Å². The summed E-state index contributed by atoms with van der Waals surface area (Å²) in [6, 6.07) is 0. The lowest BCUT2D eigenvalue weighted by molar-refractivity contribution is 0.0269. The van der Waals surface area contributed by atoms with Crippen LogP contribution in [0.5, 0.6) is 0 Å². The van der Waals surface area contributed by atoms with Gasteiger partial charge in [-0.25, -0.2) is 4.79 Å². The molecule has 1 aliphatic rings. The summed E-state index contributed by atoms with van der Waals surface area (Å²) >= 11 is 0. The minimum Gasteiger partial charge on any atom is -0.444 e. The molecule has 17 heavy (non-hydrogen) atoms. The van der Waals surface area contributed by atoms with Gasteiger partial charge in [-0.2, -0.15) is 0 Å². The second-order valence-corrected chi connectivity index (χ2v) is 6.00. The molecule has 4 nitrogen and oxygen atoms in total. The highest BCUT2D eigenvalue weighted by Crippen LogP contribution is 2.27. The van der Waals surface area contributed by atoms with Crippen LogP contribution in [-0.4, -0.2) is 40.9 Å². The summed E-state index contributed by atoms with van der Waals surface area (Å²) in [4.78, 5) is 13.5. The monoisotopic (exact) mass is 243 g/mol. The number of aliphatic hydroxyl groups excluding tert-OH is 1. The van der Waals surface area contributed by atoms with Gasteiger partial charge in [0.15, 0.2) is 0 Å². The van der Waals surface area contributed by atoms with Gasteiger partial charge in [0, 0.05) is 12.5 Å². The maximum Gasteiger partial charge on any atom is 0.410 e. The molecule has 0 aromatic carbocycles. The van der Waals surface area contributed by atoms with E-state index in [4.69, 9.17) is 4.74 Å². The fourth-order valence-corrected chi connectivity index (χ4v) is 2.15. The zero-order valence-electron chi connectivity index (χ0n) is 11.6. The quantitative estimate of drug-likeness (QED) is 0.809. The topological polar surface area (TPSA) is 49.8 Å². The molecule has 3 unspecified atom stereocenters. The molecule has 1 N–H and O–H groups in total. The van der Waals surface area contributed by atoms with Crippen molar-refractivity contribution in [3.63, 3.8) is 0 Å². The summed E-state index contributed by atoms with van der Waals surface area (Å²) in [5.74, 6) is 0.602. The first-order chi connectivity index (χ1) is 7.74. The lowest BCUT2D eigenvalue weighted by Crippen LogP contribution is -2.36. The van der Waals surface area contributed by atoms with Crippen LogP contribution in [0.15, 0.2) is 0 Å². The van der Waals surface area contributed by atoms with Crippen molar-refractivity contribution in [1.29, 1.82) is 0 Å². The molecule has 4 heteroatoms. The Balaban J connectivity index is 2.57. The first-order valence-corrected chi connectivity index (χ1v) is 6.40. The number of aliphatic hydroxyl groups is 1. The first-order valence-electron chi connectivity index (χ1n) is 6.40. The Morgan fingerprint density at radius 3 is 2.53 bits per heavy atom. The van der Waals surface area contributed by atoms with E-state index in [1.54, 1.807) is 4.90 Å². The van der Waals surface area contributed by atoms with E-state index in [-0.39, 0.29) is 12.0 Å². The third-order valence-corrected chi connectivity index (χ3v) is 3.36. The molecule has 1 rings (SSSR count). The summed E-state index contributed by atoms with van der Waals surface area (Å²) in [6.45, 7) is 10.8. The van der Waals surface area contributed by atoms with Crippen LogP contribution in [0.3, 0.4) is 0 Å². The van der Waals surface area contributed by atoms with Crippen LogP contribution >= 0.6 is 0 Å². The smallest absolute Gasteiger partial charge is 0.410 e. The maximum absolute atomic E-state index is 11.9. The average Bonchev–Trinajstić information content (AvgIpc) is 2.57. The Morgan fingerprint density at radius 2 is 2.06 bits per heavy atom. The number of carbonyl (C=O) groups is 1. The van der Waals surface area contributed by atoms with Gasteiger partial charge in [-0.3, -0.25) is 0 Å². The summed E-state index contributed by atoms with van der Waals surface area (Å²) < 4.78 is 5.31. The molecule has 1 aliphatic heterocycles. The fraction of sp³-hybridized carbons (Fsp3) is 0.923. The number of amides is 1. The molecule has 100 valence electrons. The molecule has 0 saturated carbocycles. The number of likely N-dealkylation sites (tertiary alicyclic amines) is 1. The van der Waals surface area contributed by atoms with Gasteiger partial charge in [0.25, 0.3) is 0 Å². The lowest BCUT2D eigenvalue weighted by Gasteiger charge is -2.24. The van der Waals surface area contributed by atoms with Gasteiger partial charge >= 0.3 is 6.09 Å². The van der Waals surface area contributed by atoms with E-state index in [1.165, 1.54) is 0 Å². The molecule has 0 bridgehead atoms. The third-order valence-electron chi connectivity index (χ3n) is 3.36. The summed E-state index contributed by atoms with van der Waals surface area (Å²) in [5.41, 5.74) is -0.476. The number of ether oxygens (including phenoxy) is 1. The Morgan fingerprint density at radius 1 is 1.47 bits per heavy atom. The summed E-state index contributed by atoms with van der Waals surface area (Å²) in [5, 5.41) is 9.96. The van der Waals surface area contributed by atoms with Crippen molar-refractivity contribution in [1.82, 2.24) is 4.90 Å². The highest BCUT2D eigenvalue weighted by Gasteiger charge is 2.38. The SMILES string of the molecule is CCC(C)C1CN(C(=O)OC(C)(C)C)CC1O. The number of carbonyl (C=O) groups excluding carboxylic acids is 1. The maximum atomic E-state index is 11.9. The van der Waals surface area contributed by atoms with Crippen LogP contribution in [0.1, 0.15) is 41.0 Å². The van der Waals surface area contributed by atoms with Crippen molar-refractivity contribution in [3.8, 4) is 0 Å². The molecule has 3 atom stereocenters. The van der Waals surface area contributed by atoms with Crippen LogP contribution in [-0.2, 0) is 4.74 Å². The van der Waals surface area contributed by atoms with E-state index < -0.39 is 11.7 Å². The number of nitrogens with zero attached hydrogens (tertiary/aromatic N) is 1. The van der Waals surface area contributed by atoms with Gasteiger partial charge in [0.1, 0.15) is 5.60 Å². The normalized spacial score (nSPS) is 27.1. The van der Waals surface area contributed by atoms with E-state index in [9.17, 15) is 9.90 Å². The first kappa shape index (κ1) is 14.3. The summed E-state index contributed by atoms with van der Waals surface area (Å²) in [7, 11) is 0. The van der Waals surface area contributed by atoms with Gasteiger partial charge in [-0.05, 0) is 26.7 Å². The second-order valence-electron chi connectivity index (χ2n) is 6.00. The van der Waals surface area contributed by atoms with Crippen LogP contribution in [0, 0.1) is 11.8 Å². The Hall–Kier alpha value is -0.770. The Bertz CT molecular complexity index is 272. The summed E-state index contributed by atoms with van der Waals surface area (Å²) in [6.07, 6.45) is 0.281. The molecular weight excluding hydrogens is 218 g/mol. The van der Waals surface area contributed by atoms with Gasteiger partial charge in [0.2, 0.25) is 0 Å². The minimum absolute atomic E-state index is 0.174. The molecule has 0 radical (unpaired) electrons. The largest absolute Gasteiger partial charge is 0.444 e. The predicted molar refractivity (Wildman–Crippen MR) is 66.8 cm³/mol. The number of hydrogen-bond donors (Lipinski definition) is 1. The van der Waals surface area contributed by atoms with E-state index in [2.05, 4.69) is 13.8 Å². The molecule has 1 saturated heterocycles. The Kier molecular flexibility index (Phi) is 4.42. The average molecular weight is 243 g/mol. The van der Waals surface area contributed by atoms with Crippen molar-refractivity contribution in [2.75, 3.05) is 13.1 Å². The predicted octanol–water partition coefficient (Wildman–Crippen LogP) is 2.26. The molecule has 0 aliphatic carbocycles. The molecule has 1 fully saturated rings. The van der Waals surface area contributed by atoms with Crippen LogP contribution in [0.2, 0.25) is 0 Å². The zero-order valence-corrected chi connectivity index (χ0v) is 11.6. The molecule has 0 aromatic rings. The van der Waals surface area contributed by atoms with E-state index in [0.29, 0.717) is 19.0 Å². The highest BCUT2D eigenvalue weighted by atomic mass is 16.6. The Labute approximate surface area is 104 Å². The van der Waals surface area contributed by atoms with Crippen molar-refractivity contribution in [2.45, 2.75) is 52.7 Å². The molecule has 0 aromatic heterocycles. The fourth-order valence-electron chi connectivity index (χ4n) is 2.15. The third kappa shape index (κ3) is 3.87. The highest BCUT2D eigenvalue weighted by molar-refractivity contribution is 5.68. The molecule has 1 amide bonds. The standard InChI is InChI=1S/C13H25NO3/c1-6-9(2)10-7-14(8-11(10)15)12(16)17-13(3,4)5/h9-11,15H,6-8H2,1-5H3. The van der Waals surface area contributed by atoms with Crippen molar-refractivity contribution < 1.29 is 14.6 Å². The second kappa shape index (κ2) is 5.25. The van der Waals surface area contributed by atoms with Gasteiger partial charge in [-0.1, -0.05) is 20.3 Å². The van der Waals surface area contributed by atoms with Gasteiger partial charge < -0.3 is 14.7 Å². The van der Waals surface area contributed by atoms with Crippen LogP contribution in [0.25, 0.3) is 0 Å². The van der Waals surface area contributed by atoms with Crippen LogP contribution < -0.4 is 0 Å². The number of β-amino-alcohol motifs (C(OH)–C–C–N with tert-alkyl or cyclic N) is 1. The van der Waals surface area contributed by atoms with Gasteiger partial charge in [0.05, 0.1) is 12.6 Å². The molecule has 0 spiro atoms. The number of hydrogen-bond acceptors (Lipinski definition) is 3. The number of rotatable bonds is 2. The van der Waals surface area contributed by atoms with E-state index in [0.717, 1.165) is 6.42 Å². The van der Waals surface area contributed by atoms with Crippen molar-refractivity contribution in [3.05, 3.63) is 0 Å². The zero-order chi connectivity index (χ0) is 13.2. The minimum atomic E-state index is -0.476. The molecular formula is C13H25NO3. The van der Waals surface area contributed by atoms with Crippen molar-refractivity contribution in [2.24, 2.45) is 11.8 Å².